The Morgan fingerprint density at radius 3 is 2.83 bits per heavy atom. The monoisotopic (exact) mass is 408 g/mol. The van der Waals surface area contributed by atoms with E-state index < -0.39 is 0 Å². The summed E-state index contributed by atoms with van der Waals surface area (Å²) in [7, 11) is 0. The van der Waals surface area contributed by atoms with Crippen molar-refractivity contribution < 1.29 is 0 Å². The summed E-state index contributed by atoms with van der Waals surface area (Å²) < 4.78 is 0.975. The van der Waals surface area contributed by atoms with Gasteiger partial charge in [-0.1, -0.05) is 29.8 Å². The third-order valence-corrected chi connectivity index (χ3v) is 4.53. The molecule has 7 heteroatoms. The molecule has 4 nitrogen and oxygen atoms in total. The number of rotatable bonds is 2. The maximum absolute atomic E-state index is 6.00. The minimum absolute atomic E-state index is 0.586. The molecule has 0 fully saturated rings. The van der Waals surface area contributed by atoms with E-state index in [9.17, 15) is 0 Å². The largest absolute Gasteiger partial charge is 0.332 e. The third kappa shape index (κ3) is 4.02. The lowest BCUT2D eigenvalue weighted by atomic mass is 10.3. The highest BCUT2D eigenvalue weighted by molar-refractivity contribution is 9.10. The summed E-state index contributed by atoms with van der Waals surface area (Å²) in [5.41, 5.74) is 1.80. The molecule has 1 aliphatic rings. The van der Waals surface area contributed by atoms with Gasteiger partial charge >= 0.3 is 0 Å². The van der Waals surface area contributed by atoms with Gasteiger partial charge in [0.1, 0.15) is 0 Å². The van der Waals surface area contributed by atoms with Crippen molar-refractivity contribution in [1.82, 2.24) is 4.90 Å². The number of nitrogens with one attached hydrogen (secondary N) is 2. The van der Waals surface area contributed by atoms with E-state index in [0.717, 1.165) is 28.4 Å². The minimum atomic E-state index is 0.586. The number of nitrogens with zero attached hydrogens (tertiary/aromatic N) is 2. The zero-order chi connectivity index (χ0) is 16.2. The topological polar surface area (TPSA) is 39.7 Å². The lowest BCUT2D eigenvalue weighted by Crippen LogP contribution is -2.41. The van der Waals surface area contributed by atoms with Gasteiger partial charge in [-0.15, -0.1) is 0 Å². The molecule has 0 spiro atoms. The SMILES string of the molecule is S=C(Nc1cccc(Cl)c1)N1CCN=C1Nc1ccccc1Br. The second-order valence-corrected chi connectivity index (χ2v) is 6.58. The molecular weight excluding hydrogens is 396 g/mol. The predicted molar refractivity (Wildman–Crippen MR) is 104 cm³/mol. The zero-order valence-electron chi connectivity index (χ0n) is 12.1. The first-order chi connectivity index (χ1) is 11.1. The molecule has 1 aliphatic heterocycles. The van der Waals surface area contributed by atoms with Gasteiger partial charge in [0.15, 0.2) is 5.11 Å². The van der Waals surface area contributed by atoms with E-state index in [0.29, 0.717) is 16.7 Å². The summed E-state index contributed by atoms with van der Waals surface area (Å²) in [5, 5.41) is 7.76. The van der Waals surface area contributed by atoms with Crippen LogP contribution >= 0.6 is 39.7 Å². The highest BCUT2D eigenvalue weighted by Crippen LogP contribution is 2.22. The van der Waals surface area contributed by atoms with Crippen molar-refractivity contribution in [3.05, 3.63) is 58.0 Å². The molecule has 0 radical (unpaired) electrons. The van der Waals surface area contributed by atoms with Gasteiger partial charge in [-0.3, -0.25) is 9.89 Å². The molecule has 0 amide bonds. The van der Waals surface area contributed by atoms with Gasteiger partial charge < -0.3 is 10.6 Å². The maximum atomic E-state index is 6.00. The lowest BCUT2D eigenvalue weighted by Gasteiger charge is -2.23. The molecule has 2 N–H and O–H groups in total. The van der Waals surface area contributed by atoms with Crippen molar-refractivity contribution in [3.63, 3.8) is 0 Å². The van der Waals surface area contributed by atoms with Gasteiger partial charge in [0.25, 0.3) is 0 Å². The van der Waals surface area contributed by atoms with E-state index in [1.165, 1.54) is 0 Å². The van der Waals surface area contributed by atoms with E-state index in [2.05, 4.69) is 31.6 Å². The number of hydrogen-bond acceptors (Lipinski definition) is 3. The fraction of sp³-hybridized carbons (Fsp3) is 0.125. The van der Waals surface area contributed by atoms with Crippen LogP contribution < -0.4 is 10.6 Å². The summed E-state index contributed by atoms with van der Waals surface area (Å²) in [6.07, 6.45) is 0. The smallest absolute Gasteiger partial charge is 0.204 e. The number of guanidine groups is 1. The molecule has 118 valence electrons. The number of hydrogen-bond donors (Lipinski definition) is 2. The molecular formula is C16H14BrClN4S. The Labute approximate surface area is 153 Å². The van der Waals surface area contributed by atoms with Crippen molar-refractivity contribution in [1.29, 1.82) is 0 Å². The quantitative estimate of drug-likeness (QED) is 0.712. The third-order valence-electron chi connectivity index (χ3n) is 3.28. The number of anilines is 2. The van der Waals surface area contributed by atoms with Crippen LogP contribution in [0.3, 0.4) is 0 Å². The number of aliphatic imine (C=N–C) groups is 1. The molecule has 0 saturated carbocycles. The van der Waals surface area contributed by atoms with E-state index >= 15 is 0 Å². The molecule has 2 aromatic carbocycles. The van der Waals surface area contributed by atoms with Crippen LogP contribution in [-0.2, 0) is 0 Å². The van der Waals surface area contributed by atoms with Crippen molar-refractivity contribution in [2.75, 3.05) is 23.7 Å². The maximum Gasteiger partial charge on any atom is 0.204 e. The van der Waals surface area contributed by atoms with Gasteiger partial charge in [-0.2, -0.15) is 0 Å². The molecule has 2 aromatic rings. The fourth-order valence-electron chi connectivity index (χ4n) is 2.19. The molecule has 0 aliphatic carbocycles. The van der Waals surface area contributed by atoms with Crippen molar-refractivity contribution in [3.8, 4) is 0 Å². The lowest BCUT2D eigenvalue weighted by molar-refractivity contribution is 0.674. The first-order valence-corrected chi connectivity index (χ1v) is 8.61. The number of benzene rings is 2. The zero-order valence-corrected chi connectivity index (χ0v) is 15.3. The van der Waals surface area contributed by atoms with Crippen LogP contribution in [0.4, 0.5) is 11.4 Å². The van der Waals surface area contributed by atoms with Crippen molar-refractivity contribution in [2.45, 2.75) is 0 Å². The van der Waals surface area contributed by atoms with Gasteiger partial charge in [-0.05, 0) is 58.5 Å². The van der Waals surface area contributed by atoms with Gasteiger partial charge in [0.2, 0.25) is 5.96 Å². The second-order valence-electron chi connectivity index (χ2n) is 4.90. The molecule has 1 heterocycles. The van der Waals surface area contributed by atoms with Crippen molar-refractivity contribution in [2.24, 2.45) is 4.99 Å². The Morgan fingerprint density at radius 2 is 2.04 bits per heavy atom. The fourth-order valence-corrected chi connectivity index (χ4v) is 3.06. The van der Waals surface area contributed by atoms with Crippen LogP contribution in [-0.4, -0.2) is 29.1 Å². The van der Waals surface area contributed by atoms with Crippen LogP contribution in [0.15, 0.2) is 58.0 Å². The second kappa shape index (κ2) is 7.29. The van der Waals surface area contributed by atoms with Crippen LogP contribution in [0.25, 0.3) is 0 Å². The summed E-state index contributed by atoms with van der Waals surface area (Å²) in [4.78, 5) is 6.43. The Morgan fingerprint density at radius 1 is 1.22 bits per heavy atom. The highest BCUT2D eigenvalue weighted by atomic mass is 79.9. The van der Waals surface area contributed by atoms with Gasteiger partial charge in [-0.25, -0.2) is 0 Å². The molecule has 23 heavy (non-hydrogen) atoms. The summed E-state index contributed by atoms with van der Waals surface area (Å²) in [5.74, 6) is 0.733. The first kappa shape index (κ1) is 16.2. The first-order valence-electron chi connectivity index (χ1n) is 7.03. The number of thiocarbonyl (C=S) groups is 1. The molecule has 3 rings (SSSR count). The minimum Gasteiger partial charge on any atom is -0.332 e. The van der Waals surface area contributed by atoms with Crippen LogP contribution in [0.1, 0.15) is 0 Å². The van der Waals surface area contributed by atoms with Crippen molar-refractivity contribution >= 4 is 62.2 Å². The van der Waals surface area contributed by atoms with E-state index in [-0.39, 0.29) is 0 Å². The van der Waals surface area contributed by atoms with Crippen LogP contribution in [0.5, 0.6) is 0 Å². The van der Waals surface area contributed by atoms with E-state index in [1.54, 1.807) is 0 Å². The predicted octanol–water partition coefficient (Wildman–Crippen LogP) is 4.58. The average molecular weight is 410 g/mol. The molecule has 0 saturated heterocycles. The molecule has 0 aromatic heterocycles. The Kier molecular flexibility index (Phi) is 5.15. The highest BCUT2D eigenvalue weighted by Gasteiger charge is 2.21. The average Bonchev–Trinajstić information content (AvgIpc) is 2.98. The summed E-state index contributed by atoms with van der Waals surface area (Å²) >= 11 is 15.0. The molecule has 0 atom stereocenters. The summed E-state index contributed by atoms with van der Waals surface area (Å²) in [6.45, 7) is 1.43. The Hall–Kier alpha value is -1.63. The Balaban J connectivity index is 1.71. The number of halogens is 2. The van der Waals surface area contributed by atoms with Crippen LogP contribution in [0, 0.1) is 0 Å². The van der Waals surface area contributed by atoms with E-state index in [1.807, 2.05) is 53.4 Å². The molecule has 0 unspecified atom stereocenters. The normalized spacial score (nSPS) is 13.7. The standard InChI is InChI=1S/C16H14BrClN4S/c17-13-6-1-2-7-14(13)21-15-19-8-9-22(15)16(23)20-12-5-3-4-11(18)10-12/h1-7,10H,8-9H2,(H,19,21)(H,20,23). The van der Waals surface area contributed by atoms with Gasteiger partial charge in [0, 0.05) is 21.7 Å². The van der Waals surface area contributed by atoms with E-state index in [4.69, 9.17) is 23.8 Å². The van der Waals surface area contributed by atoms with Crippen LogP contribution in [0.2, 0.25) is 5.02 Å². The summed E-state index contributed by atoms with van der Waals surface area (Å²) in [6, 6.07) is 15.4. The Bertz CT molecular complexity index is 765. The molecule has 0 bridgehead atoms. The van der Waals surface area contributed by atoms with Gasteiger partial charge in [0.05, 0.1) is 12.2 Å². The number of para-hydroxylation sites is 1.